The Morgan fingerprint density at radius 1 is 1.00 bits per heavy atom. The lowest BCUT2D eigenvalue weighted by molar-refractivity contribution is 0.0468. The lowest BCUT2D eigenvalue weighted by Crippen LogP contribution is -2.39. The van der Waals surface area contributed by atoms with Crippen molar-refractivity contribution in [3.8, 4) is 0 Å². The van der Waals surface area contributed by atoms with Gasteiger partial charge in [0.25, 0.3) is 5.91 Å². The number of likely N-dealkylation sites (tertiary alicyclic amines) is 1. The second-order valence-corrected chi connectivity index (χ2v) is 8.39. The van der Waals surface area contributed by atoms with Crippen molar-refractivity contribution >= 4 is 35.8 Å². The maximum Gasteiger partial charge on any atom is 0.253 e. The van der Waals surface area contributed by atoms with Gasteiger partial charge >= 0.3 is 0 Å². The van der Waals surface area contributed by atoms with Crippen molar-refractivity contribution in [2.75, 3.05) is 33.3 Å². The van der Waals surface area contributed by atoms with E-state index in [0.717, 1.165) is 49.6 Å². The first-order chi connectivity index (χ1) is 14.8. The van der Waals surface area contributed by atoms with E-state index in [4.69, 9.17) is 4.74 Å². The van der Waals surface area contributed by atoms with Crippen LogP contribution in [0.4, 0.5) is 0 Å². The second kappa shape index (κ2) is 14.7. The molecule has 1 saturated heterocycles. The zero-order chi connectivity index (χ0) is 21.0. The van der Waals surface area contributed by atoms with E-state index in [0.29, 0.717) is 19.3 Å². The third-order valence-electron chi connectivity index (χ3n) is 6.08. The molecule has 31 heavy (non-hydrogen) atoms. The van der Waals surface area contributed by atoms with Gasteiger partial charge in [0, 0.05) is 38.8 Å². The molecule has 1 heterocycles. The third kappa shape index (κ3) is 8.96. The first-order valence-electron chi connectivity index (χ1n) is 11.7. The monoisotopic (exact) mass is 542 g/mol. The highest BCUT2D eigenvalue weighted by atomic mass is 127. The Hall–Kier alpha value is -1.35. The van der Waals surface area contributed by atoms with E-state index in [-0.39, 0.29) is 29.9 Å². The molecule has 2 N–H and O–H groups in total. The van der Waals surface area contributed by atoms with E-state index in [1.165, 1.54) is 44.9 Å². The quantitative estimate of drug-likeness (QED) is 0.177. The molecule has 2 fully saturated rings. The Morgan fingerprint density at radius 3 is 2.29 bits per heavy atom. The second-order valence-electron chi connectivity index (χ2n) is 8.39. The maximum atomic E-state index is 12.6. The van der Waals surface area contributed by atoms with Crippen LogP contribution in [-0.4, -0.2) is 56.2 Å². The molecule has 0 bridgehead atoms. The third-order valence-corrected chi connectivity index (χ3v) is 6.08. The summed E-state index contributed by atoms with van der Waals surface area (Å²) in [6, 6.07) is 7.91. The molecular weight excluding hydrogens is 503 g/mol. The van der Waals surface area contributed by atoms with Gasteiger partial charge in [-0.2, -0.15) is 0 Å². The van der Waals surface area contributed by atoms with E-state index in [1.807, 2.05) is 29.2 Å². The molecule has 1 aromatic rings. The fourth-order valence-electron chi connectivity index (χ4n) is 4.25. The van der Waals surface area contributed by atoms with Crippen LogP contribution in [0.25, 0.3) is 0 Å². The molecule has 0 unspecified atom stereocenters. The fraction of sp³-hybridized carbons (Fsp3) is 0.667. The summed E-state index contributed by atoms with van der Waals surface area (Å²) < 4.78 is 6.02. The molecule has 1 aliphatic carbocycles. The van der Waals surface area contributed by atoms with Crippen LogP contribution in [0.2, 0.25) is 0 Å². The van der Waals surface area contributed by atoms with Crippen LogP contribution in [0.1, 0.15) is 73.7 Å². The Balaban J connectivity index is 0.00000341. The number of ether oxygens (including phenoxy) is 1. The number of carbonyl (C=O) groups is 1. The zero-order valence-corrected chi connectivity index (χ0v) is 21.2. The Bertz CT molecular complexity index is 667. The van der Waals surface area contributed by atoms with Crippen LogP contribution in [0.5, 0.6) is 0 Å². The highest BCUT2D eigenvalue weighted by Gasteiger charge is 2.18. The zero-order valence-electron chi connectivity index (χ0n) is 18.9. The summed E-state index contributed by atoms with van der Waals surface area (Å²) in [6.07, 6.45) is 11.6. The van der Waals surface area contributed by atoms with Crippen LogP contribution in [0, 0.1) is 0 Å². The van der Waals surface area contributed by atoms with Crippen LogP contribution in [0.15, 0.2) is 29.3 Å². The number of piperidine rings is 1. The molecule has 2 aliphatic rings. The Labute approximate surface area is 204 Å². The highest BCUT2D eigenvalue weighted by molar-refractivity contribution is 14.0. The first-order valence-corrected chi connectivity index (χ1v) is 11.7. The Kier molecular flexibility index (Phi) is 12.3. The van der Waals surface area contributed by atoms with Crippen molar-refractivity contribution in [1.29, 1.82) is 0 Å². The predicted octanol–water partition coefficient (Wildman–Crippen LogP) is 4.34. The van der Waals surface area contributed by atoms with Crippen molar-refractivity contribution in [2.45, 2.75) is 70.4 Å². The van der Waals surface area contributed by atoms with Crippen molar-refractivity contribution in [2.24, 2.45) is 4.99 Å². The molecule has 6 nitrogen and oxygen atoms in total. The standard InChI is InChI=1S/C24H38N4O2.HI/c1-25-24(26-15-18-30-22-9-5-2-3-6-10-22)27-19-20-11-13-21(14-12-20)23(29)28-16-7-4-8-17-28;/h11-14,22H,2-10,15-19H2,1H3,(H2,25,26,27);1H. The fourth-order valence-corrected chi connectivity index (χ4v) is 4.25. The van der Waals surface area contributed by atoms with Gasteiger partial charge in [-0.25, -0.2) is 0 Å². The van der Waals surface area contributed by atoms with Gasteiger partial charge in [0.2, 0.25) is 0 Å². The number of aliphatic imine (C=N–C) groups is 1. The van der Waals surface area contributed by atoms with Crippen molar-refractivity contribution < 1.29 is 9.53 Å². The van der Waals surface area contributed by atoms with E-state index in [1.54, 1.807) is 7.05 Å². The lowest BCUT2D eigenvalue weighted by atomic mass is 10.1. The number of benzene rings is 1. The number of halogens is 1. The molecule has 174 valence electrons. The lowest BCUT2D eigenvalue weighted by Gasteiger charge is -2.26. The molecule has 1 aliphatic heterocycles. The predicted molar refractivity (Wildman–Crippen MR) is 137 cm³/mol. The number of nitrogens with zero attached hydrogens (tertiary/aromatic N) is 2. The Morgan fingerprint density at radius 2 is 1.65 bits per heavy atom. The van der Waals surface area contributed by atoms with Gasteiger partial charge in [-0.1, -0.05) is 37.8 Å². The summed E-state index contributed by atoms with van der Waals surface area (Å²) in [5.74, 6) is 0.924. The van der Waals surface area contributed by atoms with E-state index in [9.17, 15) is 4.79 Å². The number of guanidine groups is 1. The number of amides is 1. The number of hydrogen-bond donors (Lipinski definition) is 2. The summed E-state index contributed by atoms with van der Waals surface area (Å²) in [5, 5.41) is 6.65. The molecule has 0 radical (unpaired) electrons. The largest absolute Gasteiger partial charge is 0.376 e. The van der Waals surface area contributed by atoms with Crippen molar-refractivity contribution in [1.82, 2.24) is 15.5 Å². The van der Waals surface area contributed by atoms with Crippen LogP contribution >= 0.6 is 24.0 Å². The van der Waals surface area contributed by atoms with E-state index >= 15 is 0 Å². The molecule has 1 aromatic carbocycles. The van der Waals surface area contributed by atoms with Crippen LogP contribution < -0.4 is 10.6 Å². The summed E-state index contributed by atoms with van der Waals surface area (Å²) in [5.41, 5.74) is 1.90. The summed E-state index contributed by atoms with van der Waals surface area (Å²) in [7, 11) is 1.78. The molecule has 0 aromatic heterocycles. The number of hydrogen-bond acceptors (Lipinski definition) is 3. The number of rotatable bonds is 7. The summed E-state index contributed by atoms with van der Waals surface area (Å²) >= 11 is 0. The van der Waals surface area contributed by atoms with Gasteiger partial charge < -0.3 is 20.3 Å². The molecule has 3 rings (SSSR count). The van der Waals surface area contributed by atoms with Gasteiger partial charge in [-0.3, -0.25) is 9.79 Å². The van der Waals surface area contributed by atoms with Crippen molar-refractivity contribution in [3.63, 3.8) is 0 Å². The van der Waals surface area contributed by atoms with Gasteiger partial charge in [0.1, 0.15) is 0 Å². The minimum absolute atomic E-state index is 0. The molecular formula is C24H39IN4O2. The number of carbonyl (C=O) groups excluding carboxylic acids is 1. The van der Waals surface area contributed by atoms with Gasteiger partial charge in [-0.05, 0) is 49.8 Å². The first kappa shape index (κ1) is 25.9. The minimum Gasteiger partial charge on any atom is -0.376 e. The summed E-state index contributed by atoms with van der Waals surface area (Å²) in [4.78, 5) is 18.8. The minimum atomic E-state index is 0. The highest BCUT2D eigenvalue weighted by Crippen LogP contribution is 2.19. The maximum absolute atomic E-state index is 12.6. The van der Waals surface area contributed by atoms with Crippen LogP contribution in [0.3, 0.4) is 0 Å². The SMILES string of the molecule is CN=C(NCCOC1CCCCCC1)NCc1ccc(C(=O)N2CCCCC2)cc1.I. The summed E-state index contributed by atoms with van der Waals surface area (Å²) in [6.45, 7) is 3.89. The molecule has 0 atom stereocenters. The molecule has 0 spiro atoms. The number of nitrogens with one attached hydrogen (secondary N) is 2. The topological polar surface area (TPSA) is 66.0 Å². The van der Waals surface area contributed by atoms with E-state index < -0.39 is 0 Å². The van der Waals surface area contributed by atoms with Crippen molar-refractivity contribution in [3.05, 3.63) is 35.4 Å². The van der Waals surface area contributed by atoms with E-state index in [2.05, 4.69) is 15.6 Å². The normalized spacial score (nSPS) is 18.1. The average molecular weight is 543 g/mol. The average Bonchev–Trinajstić information content (AvgIpc) is 3.08. The molecule has 1 saturated carbocycles. The van der Waals surface area contributed by atoms with Gasteiger partial charge in [-0.15, -0.1) is 24.0 Å². The smallest absolute Gasteiger partial charge is 0.253 e. The molecule has 7 heteroatoms. The van der Waals surface area contributed by atoms with Gasteiger partial charge in [0.05, 0.1) is 12.7 Å². The molecule has 1 amide bonds. The van der Waals surface area contributed by atoms with Gasteiger partial charge in [0.15, 0.2) is 5.96 Å². The van der Waals surface area contributed by atoms with Crippen LogP contribution in [-0.2, 0) is 11.3 Å².